The molecule has 0 aliphatic carbocycles. The fourth-order valence-electron chi connectivity index (χ4n) is 2.48. The van der Waals surface area contributed by atoms with Crippen molar-refractivity contribution in [3.8, 4) is 22.8 Å². The lowest BCUT2D eigenvalue weighted by atomic mass is 10.1. The Kier molecular flexibility index (Phi) is 4.87. The zero-order chi connectivity index (χ0) is 18.7. The van der Waals surface area contributed by atoms with E-state index in [1.807, 2.05) is 6.07 Å². The maximum absolute atomic E-state index is 12.5. The monoisotopic (exact) mass is 357 g/mol. The number of rotatable bonds is 6. The Morgan fingerprint density at radius 1 is 1.23 bits per heavy atom. The summed E-state index contributed by atoms with van der Waals surface area (Å²) >= 11 is 0. The second kappa shape index (κ2) is 7.26. The Morgan fingerprint density at radius 3 is 2.69 bits per heavy atom. The average Bonchev–Trinajstić information content (AvgIpc) is 3.24. The fraction of sp³-hybridized carbons (Fsp3) is 0.294. The standard InChI is InChI=1S/C17H19N5O4/c1-10-19-20-16(26-10)9-18-17(23)14-8-13(21-22(14)2)12-7-11(24-3)5-6-15(12)25-4/h5-8H,9H2,1-4H3,(H,18,23). The molecule has 1 N–H and O–H groups in total. The summed E-state index contributed by atoms with van der Waals surface area (Å²) in [6.45, 7) is 1.83. The molecule has 0 saturated carbocycles. The van der Waals surface area contributed by atoms with Crippen molar-refractivity contribution in [3.63, 3.8) is 0 Å². The maximum Gasteiger partial charge on any atom is 0.269 e. The molecule has 3 rings (SSSR count). The van der Waals surface area contributed by atoms with E-state index in [2.05, 4.69) is 20.6 Å². The van der Waals surface area contributed by atoms with Gasteiger partial charge in [0.25, 0.3) is 5.91 Å². The number of hydrogen-bond acceptors (Lipinski definition) is 7. The van der Waals surface area contributed by atoms with E-state index in [4.69, 9.17) is 13.9 Å². The highest BCUT2D eigenvalue weighted by Crippen LogP contribution is 2.32. The molecular formula is C17H19N5O4. The van der Waals surface area contributed by atoms with Crippen LogP contribution in [-0.4, -0.2) is 40.1 Å². The number of hydrogen-bond donors (Lipinski definition) is 1. The number of nitrogens with one attached hydrogen (secondary N) is 1. The molecule has 0 unspecified atom stereocenters. The van der Waals surface area contributed by atoms with E-state index in [1.165, 1.54) is 4.68 Å². The highest BCUT2D eigenvalue weighted by molar-refractivity contribution is 5.93. The molecule has 0 spiro atoms. The molecule has 0 atom stereocenters. The number of carbonyl (C=O) groups is 1. The number of ether oxygens (including phenoxy) is 2. The van der Waals surface area contributed by atoms with Crippen molar-refractivity contribution in [1.82, 2.24) is 25.3 Å². The SMILES string of the molecule is COc1ccc(OC)c(-c2cc(C(=O)NCc3nnc(C)o3)n(C)n2)c1. The van der Waals surface area contributed by atoms with Crippen LogP contribution in [0.5, 0.6) is 11.5 Å². The highest BCUT2D eigenvalue weighted by Gasteiger charge is 2.18. The first-order valence-corrected chi connectivity index (χ1v) is 7.85. The molecule has 2 aromatic heterocycles. The minimum absolute atomic E-state index is 0.142. The van der Waals surface area contributed by atoms with Gasteiger partial charge in [0.2, 0.25) is 11.8 Å². The third kappa shape index (κ3) is 3.51. The van der Waals surface area contributed by atoms with Crippen LogP contribution in [0.2, 0.25) is 0 Å². The number of carbonyl (C=O) groups excluding carboxylic acids is 1. The molecule has 0 aliphatic heterocycles. The first-order chi connectivity index (χ1) is 12.5. The zero-order valence-corrected chi connectivity index (χ0v) is 14.9. The minimum atomic E-state index is -0.302. The average molecular weight is 357 g/mol. The summed E-state index contributed by atoms with van der Waals surface area (Å²) < 4.78 is 17.4. The molecular weight excluding hydrogens is 338 g/mol. The topological polar surface area (TPSA) is 104 Å². The Morgan fingerprint density at radius 2 is 2.04 bits per heavy atom. The lowest BCUT2D eigenvalue weighted by Gasteiger charge is -2.08. The predicted octanol–water partition coefficient (Wildman–Crippen LogP) is 1.73. The summed E-state index contributed by atoms with van der Waals surface area (Å²) in [6, 6.07) is 7.08. The summed E-state index contributed by atoms with van der Waals surface area (Å²) in [4.78, 5) is 12.5. The van der Waals surface area contributed by atoms with Crippen molar-refractivity contribution >= 4 is 5.91 Å². The molecule has 0 fully saturated rings. The maximum atomic E-state index is 12.5. The van der Waals surface area contributed by atoms with E-state index in [9.17, 15) is 4.79 Å². The van der Waals surface area contributed by atoms with Crippen molar-refractivity contribution in [1.29, 1.82) is 0 Å². The van der Waals surface area contributed by atoms with Gasteiger partial charge in [-0.05, 0) is 24.3 Å². The molecule has 136 valence electrons. The van der Waals surface area contributed by atoms with E-state index < -0.39 is 0 Å². The second-order valence-electron chi connectivity index (χ2n) is 5.50. The summed E-state index contributed by atoms with van der Waals surface area (Å²) in [5, 5.41) is 14.7. The molecule has 1 aromatic carbocycles. The molecule has 1 amide bonds. The lowest BCUT2D eigenvalue weighted by Crippen LogP contribution is -2.25. The van der Waals surface area contributed by atoms with Gasteiger partial charge in [-0.3, -0.25) is 9.48 Å². The van der Waals surface area contributed by atoms with E-state index >= 15 is 0 Å². The molecule has 2 heterocycles. The van der Waals surface area contributed by atoms with Crippen LogP contribution in [0.15, 0.2) is 28.7 Å². The Hall–Kier alpha value is -3.36. The summed E-state index contributed by atoms with van der Waals surface area (Å²) in [7, 11) is 4.86. The van der Waals surface area contributed by atoms with Gasteiger partial charge in [-0.1, -0.05) is 0 Å². The van der Waals surface area contributed by atoms with Crippen molar-refractivity contribution in [2.24, 2.45) is 7.05 Å². The number of benzene rings is 1. The van der Waals surface area contributed by atoms with Crippen LogP contribution in [-0.2, 0) is 13.6 Å². The number of amides is 1. The Balaban J connectivity index is 1.83. The molecule has 0 bridgehead atoms. The highest BCUT2D eigenvalue weighted by atomic mass is 16.5. The smallest absolute Gasteiger partial charge is 0.269 e. The third-order valence-corrected chi connectivity index (χ3v) is 3.76. The van der Waals surface area contributed by atoms with Gasteiger partial charge in [0.1, 0.15) is 17.2 Å². The normalized spacial score (nSPS) is 10.6. The Bertz CT molecular complexity index is 931. The lowest BCUT2D eigenvalue weighted by molar-refractivity contribution is 0.0937. The van der Waals surface area contributed by atoms with E-state index in [-0.39, 0.29) is 12.5 Å². The van der Waals surface area contributed by atoms with Gasteiger partial charge in [0.05, 0.1) is 26.5 Å². The number of aromatic nitrogens is 4. The van der Waals surface area contributed by atoms with E-state index in [0.29, 0.717) is 34.7 Å². The quantitative estimate of drug-likeness (QED) is 0.716. The number of nitrogens with zero attached hydrogens (tertiary/aromatic N) is 4. The van der Waals surface area contributed by atoms with Crippen LogP contribution >= 0.6 is 0 Å². The predicted molar refractivity (Wildman–Crippen MR) is 92.0 cm³/mol. The van der Waals surface area contributed by atoms with Crippen molar-refractivity contribution in [3.05, 3.63) is 41.7 Å². The summed E-state index contributed by atoms with van der Waals surface area (Å²) in [5.74, 6) is 1.79. The first-order valence-electron chi connectivity index (χ1n) is 7.85. The van der Waals surface area contributed by atoms with Crippen LogP contribution in [0.4, 0.5) is 0 Å². The van der Waals surface area contributed by atoms with Crippen LogP contribution < -0.4 is 14.8 Å². The molecule has 0 aliphatic rings. The number of methoxy groups -OCH3 is 2. The minimum Gasteiger partial charge on any atom is -0.497 e. The van der Waals surface area contributed by atoms with Crippen LogP contribution in [0, 0.1) is 6.92 Å². The van der Waals surface area contributed by atoms with Gasteiger partial charge >= 0.3 is 0 Å². The van der Waals surface area contributed by atoms with Gasteiger partial charge in [-0.15, -0.1) is 10.2 Å². The molecule has 3 aromatic rings. The molecule has 26 heavy (non-hydrogen) atoms. The van der Waals surface area contributed by atoms with Gasteiger partial charge < -0.3 is 19.2 Å². The largest absolute Gasteiger partial charge is 0.497 e. The Labute approximate surface area is 149 Å². The molecule has 9 nitrogen and oxygen atoms in total. The first kappa shape index (κ1) is 17.5. The van der Waals surface area contributed by atoms with E-state index in [1.54, 1.807) is 46.4 Å². The third-order valence-electron chi connectivity index (χ3n) is 3.76. The van der Waals surface area contributed by atoms with E-state index in [0.717, 1.165) is 5.56 Å². The van der Waals surface area contributed by atoms with Crippen molar-refractivity contribution in [2.75, 3.05) is 14.2 Å². The van der Waals surface area contributed by atoms with Crippen LogP contribution in [0.3, 0.4) is 0 Å². The second-order valence-corrected chi connectivity index (χ2v) is 5.50. The van der Waals surface area contributed by atoms with Crippen LogP contribution in [0.25, 0.3) is 11.3 Å². The van der Waals surface area contributed by atoms with Gasteiger partial charge in [-0.2, -0.15) is 5.10 Å². The number of aryl methyl sites for hydroxylation is 2. The summed E-state index contributed by atoms with van der Waals surface area (Å²) in [6.07, 6.45) is 0. The molecule has 9 heteroatoms. The van der Waals surface area contributed by atoms with Crippen molar-refractivity contribution < 1.29 is 18.7 Å². The van der Waals surface area contributed by atoms with Gasteiger partial charge in [-0.25, -0.2) is 0 Å². The van der Waals surface area contributed by atoms with Gasteiger partial charge in [0, 0.05) is 19.5 Å². The van der Waals surface area contributed by atoms with Gasteiger partial charge in [0.15, 0.2) is 0 Å². The molecule has 0 saturated heterocycles. The van der Waals surface area contributed by atoms with Crippen molar-refractivity contribution in [2.45, 2.75) is 13.5 Å². The fourth-order valence-corrected chi connectivity index (χ4v) is 2.48. The summed E-state index contributed by atoms with van der Waals surface area (Å²) in [5.41, 5.74) is 1.72. The van der Waals surface area contributed by atoms with Crippen LogP contribution in [0.1, 0.15) is 22.3 Å². The zero-order valence-electron chi connectivity index (χ0n) is 14.9. The molecule has 0 radical (unpaired) electrons.